The summed E-state index contributed by atoms with van der Waals surface area (Å²) in [6.07, 6.45) is -0.949. The monoisotopic (exact) mass is 849 g/mol. The highest BCUT2D eigenvalue weighted by atomic mass is 19.1. The predicted molar refractivity (Wildman–Crippen MR) is 222 cm³/mol. The van der Waals surface area contributed by atoms with E-state index in [-0.39, 0.29) is 79.9 Å². The largest absolute Gasteiger partial charge is 0.352 e. The van der Waals surface area contributed by atoms with Crippen molar-refractivity contribution in [3.63, 3.8) is 0 Å². The number of aromatic amines is 1. The molecule has 2 saturated carbocycles. The highest BCUT2D eigenvalue weighted by Crippen LogP contribution is 2.65. The summed E-state index contributed by atoms with van der Waals surface area (Å²) in [5.41, 5.74) is 1.14. The van der Waals surface area contributed by atoms with E-state index in [0.29, 0.717) is 33.5 Å². The lowest BCUT2D eigenvalue weighted by molar-refractivity contribution is -0.139. The van der Waals surface area contributed by atoms with Crippen molar-refractivity contribution < 1.29 is 36.7 Å². The van der Waals surface area contributed by atoms with Crippen LogP contribution in [-0.4, -0.2) is 123 Å². The minimum atomic E-state index is -1.35. The smallest absolute Gasteiger partial charge is 0.249 e. The summed E-state index contributed by atoms with van der Waals surface area (Å²) in [7, 11) is 3.30. The molecule has 17 heteroatoms. The van der Waals surface area contributed by atoms with Gasteiger partial charge in [0.1, 0.15) is 35.6 Å². The van der Waals surface area contributed by atoms with Gasteiger partial charge in [-0.15, -0.1) is 0 Å². The van der Waals surface area contributed by atoms with E-state index in [1.54, 1.807) is 63.4 Å². The number of H-pyrrole nitrogens is 1. The standard InChI is InChI=1S/C44H55F4N9O4/c1-21(2)37(53-40(58)22(3)49-5)42(60)55-18-27(48)14-29(55)20-57-36-12-8-25(46)16-35(36)52-39(57)38-31(30-9-7-24(45)15-34(30)51-38)17-28-13-26(47)19-56(28)43(61)44(32-10-11-33(32)44)54-41(59)23(4)50-6/h7-9,12,15-16,21-23,26-29,32-33,37,49-51H,10-11,13-14,17-20H2,1-6H3,(H,53,58)(H,54,59)/t22-,23-,26-,27-,28-,29-,32-,33?,37-,44?/m0/s1. The number of likely N-dealkylation sites (N-methyl/N-ethyl adjacent to an activating group) is 2. The molecule has 61 heavy (non-hydrogen) atoms. The number of imidazole rings is 1. The number of hydrogen-bond donors (Lipinski definition) is 5. The van der Waals surface area contributed by atoms with Gasteiger partial charge in [-0.3, -0.25) is 19.2 Å². The molecule has 2 aromatic carbocycles. The Labute approximate surface area is 351 Å². The Kier molecular flexibility index (Phi) is 11.4. The van der Waals surface area contributed by atoms with E-state index < -0.39 is 65.6 Å². The Morgan fingerprint density at radius 3 is 2.13 bits per heavy atom. The lowest BCUT2D eigenvalue weighted by atomic mass is 9.99. The number of alkyl halides is 2. The molecule has 4 amide bonds. The number of carbonyl (C=O) groups is 4. The van der Waals surface area contributed by atoms with E-state index in [4.69, 9.17) is 4.98 Å². The first-order chi connectivity index (χ1) is 29.1. The van der Waals surface area contributed by atoms with Crippen LogP contribution in [0.4, 0.5) is 17.6 Å². The average molecular weight is 850 g/mol. The normalized spacial score (nSPS) is 27.3. The van der Waals surface area contributed by atoms with Crippen molar-refractivity contribution in [1.29, 1.82) is 0 Å². The second-order valence-corrected chi connectivity index (χ2v) is 17.9. The van der Waals surface area contributed by atoms with Gasteiger partial charge in [-0.1, -0.05) is 13.8 Å². The first-order valence-electron chi connectivity index (χ1n) is 21.4. The van der Waals surface area contributed by atoms with Crippen LogP contribution in [0.25, 0.3) is 33.5 Å². The molecule has 4 heterocycles. The Morgan fingerprint density at radius 2 is 1.48 bits per heavy atom. The third kappa shape index (κ3) is 7.55. The second-order valence-electron chi connectivity index (χ2n) is 17.9. The van der Waals surface area contributed by atoms with Crippen molar-refractivity contribution >= 4 is 45.6 Å². The maximum absolute atomic E-state index is 15.6. The fourth-order valence-corrected chi connectivity index (χ4v) is 9.99. The van der Waals surface area contributed by atoms with Crippen LogP contribution in [0.15, 0.2) is 36.4 Å². The zero-order valence-corrected chi connectivity index (χ0v) is 35.3. The van der Waals surface area contributed by atoms with E-state index in [2.05, 4.69) is 26.3 Å². The second kappa shape index (κ2) is 16.3. The minimum absolute atomic E-state index is 0.00704. The molecule has 0 bridgehead atoms. The van der Waals surface area contributed by atoms with Gasteiger partial charge in [0.15, 0.2) is 5.82 Å². The molecule has 2 aromatic heterocycles. The number of nitrogens with zero attached hydrogens (tertiary/aromatic N) is 4. The van der Waals surface area contributed by atoms with E-state index in [1.807, 2.05) is 0 Å². The topological polar surface area (TPSA) is 156 Å². The number of halogens is 4. The Balaban J connectivity index is 1.17. The van der Waals surface area contributed by atoms with E-state index in [0.717, 1.165) is 12.8 Å². The van der Waals surface area contributed by atoms with Gasteiger partial charge in [-0.2, -0.15) is 0 Å². The van der Waals surface area contributed by atoms with Crippen LogP contribution in [0.1, 0.15) is 58.9 Å². The highest BCUT2D eigenvalue weighted by Gasteiger charge is 2.75. The Morgan fingerprint density at radius 1 is 0.852 bits per heavy atom. The summed E-state index contributed by atoms with van der Waals surface area (Å²) in [5, 5.41) is 12.3. The van der Waals surface area contributed by atoms with Crippen LogP contribution < -0.4 is 21.3 Å². The van der Waals surface area contributed by atoms with Crippen LogP contribution in [-0.2, 0) is 32.1 Å². The first kappa shape index (κ1) is 42.7. The molecule has 328 valence electrons. The molecule has 2 unspecified atom stereocenters. The van der Waals surface area contributed by atoms with Gasteiger partial charge in [0.2, 0.25) is 23.6 Å². The Hall–Kier alpha value is -5.03. The Bertz CT molecular complexity index is 2360. The van der Waals surface area contributed by atoms with Gasteiger partial charge in [0.25, 0.3) is 0 Å². The summed E-state index contributed by atoms with van der Waals surface area (Å²) in [6, 6.07) is 5.01. The summed E-state index contributed by atoms with van der Waals surface area (Å²) >= 11 is 0. The van der Waals surface area contributed by atoms with Gasteiger partial charge in [0, 0.05) is 42.4 Å². The molecule has 13 nitrogen and oxygen atoms in total. The van der Waals surface area contributed by atoms with E-state index in [9.17, 15) is 28.0 Å². The zero-order chi connectivity index (χ0) is 43.7. The van der Waals surface area contributed by atoms with Crippen molar-refractivity contribution in [3.8, 4) is 11.5 Å². The molecule has 2 aliphatic heterocycles. The van der Waals surface area contributed by atoms with Crippen molar-refractivity contribution in [2.24, 2.45) is 17.8 Å². The minimum Gasteiger partial charge on any atom is -0.352 e. The number of fused-ring (bicyclic) bond motifs is 3. The fourth-order valence-electron chi connectivity index (χ4n) is 9.99. The number of benzene rings is 2. The third-order valence-electron chi connectivity index (χ3n) is 13.8. The van der Waals surface area contributed by atoms with Gasteiger partial charge < -0.3 is 40.6 Å². The van der Waals surface area contributed by atoms with Gasteiger partial charge >= 0.3 is 0 Å². The zero-order valence-electron chi connectivity index (χ0n) is 35.3. The number of amides is 4. The number of carbonyl (C=O) groups excluding carboxylic acids is 4. The maximum Gasteiger partial charge on any atom is 0.249 e. The fraction of sp³-hybridized carbons (Fsp3) is 0.568. The number of hydrogen-bond acceptors (Lipinski definition) is 7. The molecular weight excluding hydrogens is 795 g/mol. The van der Waals surface area contributed by atoms with Gasteiger partial charge in [0.05, 0.1) is 47.9 Å². The average Bonchev–Trinajstić information content (AvgIpc) is 3.79. The number of rotatable bonds is 14. The molecule has 8 rings (SSSR count). The van der Waals surface area contributed by atoms with Crippen LogP contribution in [0.2, 0.25) is 0 Å². The van der Waals surface area contributed by atoms with Crippen LogP contribution in [0.5, 0.6) is 0 Å². The number of likely N-dealkylation sites (tertiary alicyclic amines) is 2. The van der Waals surface area contributed by atoms with Crippen LogP contribution in [0, 0.1) is 29.4 Å². The molecule has 2 saturated heterocycles. The summed E-state index contributed by atoms with van der Waals surface area (Å²) < 4.78 is 62.6. The van der Waals surface area contributed by atoms with Crippen molar-refractivity contribution in [3.05, 3.63) is 53.6 Å². The lowest BCUT2D eigenvalue weighted by Gasteiger charge is -2.32. The molecule has 10 atom stereocenters. The van der Waals surface area contributed by atoms with Crippen LogP contribution >= 0.6 is 0 Å². The molecule has 4 aromatic rings. The predicted octanol–water partition coefficient (Wildman–Crippen LogP) is 4.13. The van der Waals surface area contributed by atoms with Crippen LogP contribution in [0.3, 0.4) is 0 Å². The summed E-state index contributed by atoms with van der Waals surface area (Å²) in [6.45, 7) is 6.70. The third-order valence-corrected chi connectivity index (χ3v) is 13.8. The van der Waals surface area contributed by atoms with Gasteiger partial charge in [-0.25, -0.2) is 22.5 Å². The molecule has 4 aliphatic rings. The highest BCUT2D eigenvalue weighted by molar-refractivity contribution is 5.98. The van der Waals surface area contributed by atoms with Crippen molar-refractivity contribution in [2.75, 3.05) is 27.2 Å². The molecule has 2 aliphatic carbocycles. The van der Waals surface area contributed by atoms with Gasteiger partial charge in [-0.05, 0) is 101 Å². The molecule has 0 radical (unpaired) electrons. The van der Waals surface area contributed by atoms with E-state index in [1.165, 1.54) is 29.2 Å². The van der Waals surface area contributed by atoms with Crippen molar-refractivity contribution in [2.45, 2.75) is 114 Å². The maximum atomic E-state index is 15.6. The molecule has 0 spiro atoms. The quantitative estimate of drug-likeness (QED) is 0.120. The number of aromatic nitrogens is 3. The van der Waals surface area contributed by atoms with Crippen molar-refractivity contribution in [1.82, 2.24) is 45.6 Å². The van der Waals surface area contributed by atoms with E-state index >= 15 is 8.78 Å². The summed E-state index contributed by atoms with van der Waals surface area (Å²) in [5.74, 6) is -2.51. The first-order valence-corrected chi connectivity index (χ1v) is 21.4. The summed E-state index contributed by atoms with van der Waals surface area (Å²) in [4.78, 5) is 66.2. The lowest BCUT2D eigenvalue weighted by Crippen LogP contribution is -2.56. The molecule has 4 fully saturated rings. The molecule has 5 N–H and O–H groups in total. The SMILES string of the molecule is CN[C@@H](C)C(=O)N[C@H](C(=O)N1C[C@@H](F)C[C@H]1Cn1c(-c2[nH]c3cc(F)ccc3c2C[C@@H]2C[C@H](F)CN2C(=O)C2(NC(=O)[C@H](C)NC)C3CC[C@@H]32)nc2cc(F)ccc21)C(C)C. The number of nitrogens with one attached hydrogen (secondary N) is 5. The molecular formula is C44H55F4N9O4.